The number of hydrogen-bond acceptors (Lipinski definition) is 6. The Morgan fingerprint density at radius 1 is 0.857 bits per heavy atom. The van der Waals surface area contributed by atoms with Crippen LogP contribution in [-0.2, 0) is 36.6 Å². The molecule has 42 valence electrons. The van der Waals surface area contributed by atoms with Crippen molar-refractivity contribution in [2.45, 2.75) is 0 Å². The summed E-state index contributed by atoms with van der Waals surface area (Å²) in [7, 11) is 0. The van der Waals surface area contributed by atoms with Crippen molar-refractivity contribution in [3.8, 4) is 0 Å². The van der Waals surface area contributed by atoms with E-state index in [4.69, 9.17) is 16.8 Å². The molecule has 0 aromatic rings. The first kappa shape index (κ1) is 15.8. The minimum absolute atomic E-state index is 0.750. The molecule has 0 fully saturated rings. The molecule has 0 N–H and O–H groups in total. The van der Waals surface area contributed by atoms with Gasteiger partial charge in [-0.25, -0.2) is 0 Å². The highest BCUT2D eigenvalue weighted by Crippen LogP contribution is 0.846. The Kier molecular flexibility index (Phi) is 423. The van der Waals surface area contributed by atoms with Crippen molar-refractivity contribution >= 4 is 36.6 Å². The lowest BCUT2D eigenvalue weighted by atomic mass is 15.9. The molecular formula is O4S3. The Morgan fingerprint density at radius 2 is 0.857 bits per heavy atom. The molecule has 0 atom stereocenters. The van der Waals surface area contributed by atoms with E-state index in [1.54, 1.807) is 0 Å². The van der Waals surface area contributed by atoms with E-state index in [-0.39, 0.29) is 0 Å². The largest absolute Gasteiger partial charge is 0.335 e. The Hall–Kier alpha value is -0.140. The third-order valence-electron chi connectivity index (χ3n) is 0. The lowest BCUT2D eigenvalue weighted by molar-refractivity contribution is 0.630. The summed E-state index contributed by atoms with van der Waals surface area (Å²) >= 11 is 4.92. The summed E-state index contributed by atoms with van der Waals surface area (Å²) in [5, 5.41) is 0. The fraction of sp³-hybridized carbons (Fsp3) is 0. The summed E-state index contributed by atoms with van der Waals surface area (Å²) in [5.74, 6) is 0. The van der Waals surface area contributed by atoms with Crippen molar-refractivity contribution in [1.29, 1.82) is 0 Å². The highest BCUT2D eigenvalue weighted by atomic mass is 32.1. The van der Waals surface area contributed by atoms with Crippen LogP contribution in [0, 0.1) is 0 Å². The molecule has 0 radical (unpaired) electrons. The van der Waals surface area contributed by atoms with E-state index in [2.05, 4.69) is 25.1 Å². The van der Waals surface area contributed by atoms with Gasteiger partial charge in [0, 0.05) is 0 Å². The van der Waals surface area contributed by atoms with Crippen LogP contribution in [0.3, 0.4) is 0 Å². The van der Waals surface area contributed by atoms with E-state index >= 15 is 0 Å². The van der Waals surface area contributed by atoms with E-state index in [1.807, 2.05) is 0 Å². The number of rotatable bonds is 0. The molecular weight excluding hydrogens is 160 g/mol. The quantitative estimate of drug-likeness (QED) is 0.437. The molecule has 0 saturated carbocycles. The molecule has 7 heteroatoms. The second-order valence-corrected chi connectivity index (χ2v) is 0.204. The van der Waals surface area contributed by atoms with Crippen molar-refractivity contribution < 1.29 is 16.8 Å². The lowest BCUT2D eigenvalue weighted by Crippen LogP contribution is -1.18. The van der Waals surface area contributed by atoms with Crippen LogP contribution >= 0.6 is 0 Å². The van der Waals surface area contributed by atoms with E-state index in [9.17, 15) is 0 Å². The highest BCUT2D eigenvalue weighted by Gasteiger charge is 1.12. The van der Waals surface area contributed by atoms with Gasteiger partial charge in [0.25, 0.3) is 0 Å². The fourth-order valence-corrected chi connectivity index (χ4v) is 0. The summed E-state index contributed by atoms with van der Waals surface area (Å²) < 4.78 is 32.2. The first-order valence-corrected chi connectivity index (χ1v) is 2.00. The van der Waals surface area contributed by atoms with Gasteiger partial charge in [0.15, 0.2) is 25.1 Å². The van der Waals surface area contributed by atoms with Gasteiger partial charge in [0.05, 0.1) is 0 Å². The van der Waals surface area contributed by atoms with Crippen LogP contribution in [0.1, 0.15) is 0 Å². The molecule has 0 aromatic carbocycles. The van der Waals surface area contributed by atoms with Gasteiger partial charge >= 0.3 is 11.6 Å². The maximum absolute atomic E-state index is 8.29. The van der Waals surface area contributed by atoms with Gasteiger partial charge < -0.3 is 0 Å². The maximum Gasteiger partial charge on any atom is 0.335 e. The smallest absolute Gasteiger partial charge is 0.197 e. The van der Waals surface area contributed by atoms with Crippen LogP contribution in [0.5, 0.6) is 0 Å². The minimum Gasteiger partial charge on any atom is -0.197 e. The molecule has 0 aliphatic carbocycles. The second kappa shape index (κ2) is 187. The van der Waals surface area contributed by atoms with Crippen LogP contribution in [0.2, 0.25) is 0 Å². The van der Waals surface area contributed by atoms with Crippen molar-refractivity contribution in [2.24, 2.45) is 0 Å². The van der Waals surface area contributed by atoms with Crippen LogP contribution < -0.4 is 0 Å². The summed E-state index contributed by atoms with van der Waals surface area (Å²) in [6, 6.07) is 0. The monoisotopic (exact) mass is 160 g/mol. The van der Waals surface area contributed by atoms with Crippen LogP contribution in [0.4, 0.5) is 0 Å². The van der Waals surface area contributed by atoms with Crippen LogP contribution in [0.25, 0.3) is 0 Å². The molecule has 4 nitrogen and oxygen atoms in total. The topological polar surface area (TPSA) is 68.3 Å². The molecule has 0 unspecified atom stereocenters. The number of hydrogen-bond donors (Lipinski definition) is 0. The zero-order valence-electron chi connectivity index (χ0n) is 2.86. The van der Waals surface area contributed by atoms with Gasteiger partial charge in [-0.15, -0.1) is 0 Å². The molecule has 0 saturated heterocycles. The minimum atomic E-state index is -0.750. The Balaban J connectivity index is -0.0000000360. The van der Waals surface area contributed by atoms with Gasteiger partial charge in [0.1, 0.15) is 0 Å². The second-order valence-electron chi connectivity index (χ2n) is 0.0680. The average molecular weight is 160 g/mol. The maximum atomic E-state index is 8.29. The average Bonchev–Trinajstić information content (AvgIpc) is 1.78. The molecule has 7 heavy (non-hydrogen) atoms. The van der Waals surface area contributed by atoms with Crippen LogP contribution in [0.15, 0.2) is 0 Å². The van der Waals surface area contributed by atoms with Gasteiger partial charge in [-0.05, 0) is 0 Å². The molecule has 0 bridgehead atoms. The SMILES string of the molecule is O=S.O=S.O=S=O. The first-order valence-electron chi connectivity index (χ1n) is 0.667. The predicted octanol–water partition coefficient (Wildman–Crippen LogP) is -1.34. The Morgan fingerprint density at radius 3 is 0.857 bits per heavy atom. The predicted molar refractivity (Wildman–Crippen MR) is 25.2 cm³/mol. The summed E-state index contributed by atoms with van der Waals surface area (Å²) in [5.41, 5.74) is 0. The van der Waals surface area contributed by atoms with Gasteiger partial charge in [-0.3, -0.25) is 0 Å². The molecule has 0 spiro atoms. The molecule has 0 aliphatic rings. The van der Waals surface area contributed by atoms with E-state index in [1.165, 1.54) is 0 Å². The van der Waals surface area contributed by atoms with Crippen molar-refractivity contribution in [2.75, 3.05) is 0 Å². The van der Waals surface area contributed by atoms with E-state index in [0.717, 1.165) is 0 Å². The molecule has 0 heterocycles. The molecule has 0 aliphatic heterocycles. The summed E-state index contributed by atoms with van der Waals surface area (Å²) in [6.45, 7) is 0. The normalized spacial score (nSPS) is 2.86. The third kappa shape index (κ3) is 4450. The molecule has 0 aromatic heterocycles. The van der Waals surface area contributed by atoms with E-state index in [0.29, 0.717) is 0 Å². The van der Waals surface area contributed by atoms with Gasteiger partial charge in [-0.2, -0.15) is 16.8 Å². The fourth-order valence-electron chi connectivity index (χ4n) is 0. The van der Waals surface area contributed by atoms with E-state index < -0.39 is 11.6 Å². The van der Waals surface area contributed by atoms with Crippen molar-refractivity contribution in [1.82, 2.24) is 0 Å². The van der Waals surface area contributed by atoms with Crippen LogP contribution in [-0.4, -0.2) is 16.8 Å². The molecule has 0 amide bonds. The zero-order valence-corrected chi connectivity index (χ0v) is 5.31. The van der Waals surface area contributed by atoms with Crippen molar-refractivity contribution in [3.05, 3.63) is 0 Å². The lowest BCUT2D eigenvalue weighted by Gasteiger charge is -0.947. The standard InChI is InChI=1S/O2S.2OS/c1-3-2;2*1-2. The highest BCUT2D eigenvalue weighted by molar-refractivity contribution is 7.51. The first-order chi connectivity index (χ1) is 3.41. The molecule has 0 rings (SSSR count). The summed E-state index contributed by atoms with van der Waals surface area (Å²) in [6.07, 6.45) is 0. The summed E-state index contributed by atoms with van der Waals surface area (Å²) in [4.78, 5) is 0. The Bertz CT molecular complexity index is 42.9. The third-order valence-corrected chi connectivity index (χ3v) is 0. The van der Waals surface area contributed by atoms with Gasteiger partial charge in [0.2, 0.25) is 0 Å². The Labute approximate surface area is 54.0 Å². The van der Waals surface area contributed by atoms with Crippen molar-refractivity contribution in [3.63, 3.8) is 0 Å². The van der Waals surface area contributed by atoms with Gasteiger partial charge in [-0.1, -0.05) is 0 Å². The zero-order chi connectivity index (χ0) is 6.71.